The number of hydrogen-bond acceptors (Lipinski definition) is 7. The van der Waals surface area contributed by atoms with Gasteiger partial charge in [0.15, 0.2) is 5.75 Å². The van der Waals surface area contributed by atoms with Crippen molar-refractivity contribution in [2.24, 2.45) is 0 Å². The molecule has 34 heavy (non-hydrogen) atoms. The van der Waals surface area contributed by atoms with Gasteiger partial charge in [-0.15, -0.1) is 0 Å². The van der Waals surface area contributed by atoms with Crippen LogP contribution in [0.5, 0.6) is 5.75 Å². The molecule has 3 aromatic rings. The van der Waals surface area contributed by atoms with Crippen LogP contribution in [0.3, 0.4) is 0 Å². The highest BCUT2D eigenvalue weighted by atomic mass is 79.9. The Morgan fingerprint density at radius 3 is 2.53 bits per heavy atom. The molecule has 11 heteroatoms. The molecule has 0 saturated carbocycles. The monoisotopic (exact) mass is 541 g/mol. The Morgan fingerprint density at radius 1 is 1.15 bits per heavy atom. The summed E-state index contributed by atoms with van der Waals surface area (Å²) in [7, 11) is -4.35. The number of nitrogens with zero attached hydrogens (tertiary/aromatic N) is 2. The second kappa shape index (κ2) is 10.3. The van der Waals surface area contributed by atoms with Crippen molar-refractivity contribution in [2.75, 3.05) is 5.32 Å². The van der Waals surface area contributed by atoms with Crippen LogP contribution in [0.2, 0.25) is 0 Å². The molecule has 0 spiro atoms. The normalized spacial score (nSPS) is 11.4. The lowest BCUT2D eigenvalue weighted by Crippen LogP contribution is -2.14. The number of para-hydroxylation sites is 1. The average Bonchev–Trinajstić information content (AvgIpc) is 2.80. The van der Waals surface area contributed by atoms with Gasteiger partial charge >= 0.3 is 10.1 Å². The Morgan fingerprint density at radius 2 is 1.88 bits per heavy atom. The molecule has 0 heterocycles. The second-order valence-corrected chi connectivity index (χ2v) is 9.32. The van der Waals surface area contributed by atoms with Crippen LogP contribution in [-0.4, -0.2) is 19.2 Å². The summed E-state index contributed by atoms with van der Waals surface area (Å²) in [4.78, 5) is 22.3. The summed E-state index contributed by atoms with van der Waals surface area (Å²) in [6.45, 7) is 1.82. The number of carbonyl (C=O) groups is 1. The van der Waals surface area contributed by atoms with Gasteiger partial charge in [0.05, 0.1) is 9.40 Å². The molecule has 3 aromatic carbocycles. The number of anilines is 1. The van der Waals surface area contributed by atoms with Gasteiger partial charge in [-0.05, 0) is 64.3 Å². The minimum Gasteiger partial charge on any atom is -0.378 e. The number of aryl methyl sites for hydroxylation is 1. The summed E-state index contributed by atoms with van der Waals surface area (Å²) < 4.78 is 30.5. The third kappa shape index (κ3) is 5.86. The van der Waals surface area contributed by atoms with Gasteiger partial charge in [0, 0.05) is 17.8 Å². The third-order valence-electron chi connectivity index (χ3n) is 4.54. The van der Waals surface area contributed by atoms with Crippen LogP contribution < -0.4 is 9.50 Å². The fourth-order valence-corrected chi connectivity index (χ4v) is 4.38. The van der Waals surface area contributed by atoms with Crippen LogP contribution in [-0.2, 0) is 14.9 Å². The van der Waals surface area contributed by atoms with Crippen LogP contribution in [0.25, 0.3) is 6.08 Å². The average molecular weight is 542 g/mol. The van der Waals surface area contributed by atoms with Crippen molar-refractivity contribution >= 4 is 49.4 Å². The van der Waals surface area contributed by atoms with Gasteiger partial charge in [-0.25, -0.2) is 0 Å². The minimum atomic E-state index is -4.35. The molecule has 0 aromatic heterocycles. The number of halogens is 1. The number of rotatable bonds is 7. The van der Waals surface area contributed by atoms with Crippen molar-refractivity contribution in [3.63, 3.8) is 0 Å². The lowest BCUT2D eigenvalue weighted by Gasteiger charge is -2.10. The van der Waals surface area contributed by atoms with E-state index < -0.39 is 26.6 Å². The Hall–Kier alpha value is -4.01. The zero-order valence-corrected chi connectivity index (χ0v) is 20.0. The van der Waals surface area contributed by atoms with Gasteiger partial charge in [0.2, 0.25) is 0 Å². The number of benzene rings is 3. The topological polar surface area (TPSA) is 139 Å². The molecule has 172 valence electrons. The largest absolute Gasteiger partial charge is 0.378 e. The van der Waals surface area contributed by atoms with Gasteiger partial charge in [-0.1, -0.05) is 30.3 Å². The maximum atomic E-state index is 12.6. The molecule has 0 bridgehead atoms. The number of carbonyl (C=O) groups excluding carboxylic acids is 1. The van der Waals surface area contributed by atoms with E-state index in [1.807, 2.05) is 25.1 Å². The fourth-order valence-electron chi connectivity index (χ4n) is 2.81. The number of hydrogen-bond donors (Lipinski definition) is 1. The molecule has 0 aliphatic rings. The van der Waals surface area contributed by atoms with E-state index in [-0.39, 0.29) is 20.7 Å². The number of nitriles is 1. The SMILES string of the molecule is Cc1ccccc1NC(=O)/C(C#N)=C/c1ccc(OS(=O)(=O)c2cccc([N+](=O)[O-])c2)c(Br)c1. The van der Waals surface area contributed by atoms with E-state index in [2.05, 4.69) is 21.2 Å². The molecular weight excluding hydrogens is 526 g/mol. The first-order chi connectivity index (χ1) is 16.1. The molecule has 0 unspecified atom stereocenters. The van der Waals surface area contributed by atoms with Crippen LogP contribution in [0, 0.1) is 28.4 Å². The Kier molecular flexibility index (Phi) is 7.45. The molecule has 3 rings (SSSR count). The van der Waals surface area contributed by atoms with Crippen molar-refractivity contribution < 1.29 is 22.3 Å². The molecule has 0 fully saturated rings. The lowest BCUT2D eigenvalue weighted by atomic mass is 10.1. The summed E-state index contributed by atoms with van der Waals surface area (Å²) in [6, 6.07) is 17.7. The molecule has 0 aliphatic heterocycles. The highest BCUT2D eigenvalue weighted by Gasteiger charge is 2.21. The zero-order chi connectivity index (χ0) is 24.9. The van der Waals surface area contributed by atoms with E-state index in [0.717, 1.165) is 17.7 Å². The number of nitro benzene ring substituents is 1. The Balaban J connectivity index is 1.82. The fraction of sp³-hybridized carbons (Fsp3) is 0.0435. The van der Waals surface area contributed by atoms with Crippen LogP contribution >= 0.6 is 15.9 Å². The van der Waals surface area contributed by atoms with E-state index in [4.69, 9.17) is 4.18 Å². The smallest absolute Gasteiger partial charge is 0.339 e. The predicted octanol–water partition coefficient (Wildman–Crippen LogP) is 4.98. The van der Waals surface area contributed by atoms with Crippen molar-refractivity contribution in [1.82, 2.24) is 0 Å². The standard InChI is InChI=1S/C23H16BrN3O6S/c1-15-5-2-3-8-21(15)26-23(28)17(14-25)11-16-9-10-22(20(24)12-16)33-34(31,32)19-7-4-6-18(13-19)27(29)30/h2-13H,1H3,(H,26,28)/b17-11+. The number of amides is 1. The van der Waals surface area contributed by atoms with E-state index in [1.54, 1.807) is 12.1 Å². The molecule has 1 N–H and O–H groups in total. The van der Waals surface area contributed by atoms with Crippen molar-refractivity contribution in [1.29, 1.82) is 5.26 Å². The zero-order valence-electron chi connectivity index (χ0n) is 17.6. The van der Waals surface area contributed by atoms with Gasteiger partial charge in [0.1, 0.15) is 16.5 Å². The van der Waals surface area contributed by atoms with Crippen LogP contribution in [0.15, 0.2) is 81.7 Å². The van der Waals surface area contributed by atoms with E-state index in [0.29, 0.717) is 11.3 Å². The van der Waals surface area contributed by atoms with Crippen LogP contribution in [0.1, 0.15) is 11.1 Å². The third-order valence-corrected chi connectivity index (χ3v) is 6.39. The molecule has 0 atom stereocenters. The first-order valence-electron chi connectivity index (χ1n) is 9.58. The molecule has 0 aliphatic carbocycles. The van der Waals surface area contributed by atoms with E-state index in [1.165, 1.54) is 36.4 Å². The van der Waals surface area contributed by atoms with E-state index in [9.17, 15) is 28.6 Å². The summed E-state index contributed by atoms with van der Waals surface area (Å²) in [5.74, 6) is -0.673. The predicted molar refractivity (Wildman–Crippen MR) is 128 cm³/mol. The maximum Gasteiger partial charge on any atom is 0.339 e. The molecule has 0 saturated heterocycles. The molecule has 1 amide bonds. The van der Waals surface area contributed by atoms with Crippen molar-refractivity contribution in [2.45, 2.75) is 11.8 Å². The second-order valence-electron chi connectivity index (χ2n) is 6.92. The molecule has 0 radical (unpaired) electrons. The van der Waals surface area contributed by atoms with Gasteiger partial charge in [-0.3, -0.25) is 14.9 Å². The summed E-state index contributed by atoms with van der Waals surface area (Å²) in [5, 5.41) is 23.0. The van der Waals surface area contributed by atoms with Gasteiger partial charge < -0.3 is 9.50 Å². The summed E-state index contributed by atoms with van der Waals surface area (Å²) in [6.07, 6.45) is 1.34. The first-order valence-corrected chi connectivity index (χ1v) is 11.8. The van der Waals surface area contributed by atoms with Crippen LogP contribution in [0.4, 0.5) is 11.4 Å². The number of nitro groups is 1. The van der Waals surface area contributed by atoms with Crippen molar-refractivity contribution in [3.05, 3.63) is 98.0 Å². The minimum absolute atomic E-state index is 0.0773. The van der Waals surface area contributed by atoms with Gasteiger partial charge in [-0.2, -0.15) is 13.7 Å². The van der Waals surface area contributed by atoms with Crippen molar-refractivity contribution in [3.8, 4) is 11.8 Å². The highest BCUT2D eigenvalue weighted by molar-refractivity contribution is 9.10. The number of nitrogens with one attached hydrogen (secondary N) is 1. The van der Waals surface area contributed by atoms with E-state index >= 15 is 0 Å². The molecule has 9 nitrogen and oxygen atoms in total. The quantitative estimate of drug-likeness (QED) is 0.146. The Bertz CT molecular complexity index is 1460. The number of non-ortho nitro benzene ring substituents is 1. The maximum absolute atomic E-state index is 12.6. The first kappa shape index (κ1) is 24.6. The lowest BCUT2D eigenvalue weighted by molar-refractivity contribution is -0.385. The summed E-state index contributed by atoms with van der Waals surface area (Å²) in [5.41, 5.74) is 1.29. The molecular formula is C23H16BrN3O6S. The summed E-state index contributed by atoms with van der Waals surface area (Å²) >= 11 is 3.21. The highest BCUT2D eigenvalue weighted by Crippen LogP contribution is 2.30. The van der Waals surface area contributed by atoms with Gasteiger partial charge in [0.25, 0.3) is 11.6 Å². The Labute approximate surface area is 203 Å².